The summed E-state index contributed by atoms with van der Waals surface area (Å²) in [6, 6.07) is 6.10. The molecule has 4 rings (SSSR count). The SMILES string of the molecule is CN=C(NCc1ccnc(-n2cccn2)c1)NC1CCc2nc(COC)nn2C1.I. The maximum atomic E-state index is 5.13. The minimum Gasteiger partial charge on any atom is -0.377 e. The molecule has 0 aromatic carbocycles. The van der Waals surface area contributed by atoms with E-state index in [4.69, 9.17) is 4.74 Å². The van der Waals surface area contributed by atoms with E-state index in [1.165, 1.54) is 0 Å². The number of rotatable bonds is 6. The van der Waals surface area contributed by atoms with E-state index in [-0.39, 0.29) is 30.0 Å². The molecule has 30 heavy (non-hydrogen) atoms. The first-order chi connectivity index (χ1) is 14.2. The topological polar surface area (TPSA) is 107 Å². The van der Waals surface area contributed by atoms with E-state index in [0.29, 0.717) is 13.2 Å². The minimum absolute atomic E-state index is 0. The minimum atomic E-state index is 0. The highest BCUT2D eigenvalue weighted by Crippen LogP contribution is 2.13. The van der Waals surface area contributed by atoms with Crippen LogP contribution in [0.4, 0.5) is 0 Å². The number of aromatic nitrogens is 6. The van der Waals surface area contributed by atoms with Gasteiger partial charge in [-0.1, -0.05) is 0 Å². The molecule has 160 valence electrons. The standard InChI is InChI=1S/C19H25N9O.HI/c1-20-19(22-11-14-6-8-21-18(10-14)27-9-3-7-23-27)24-15-4-5-17-25-16(13-29-2)26-28(17)12-15;/h3,6-10,15H,4-5,11-13H2,1-2H3,(H2,20,22,24);1H. The van der Waals surface area contributed by atoms with Crippen LogP contribution < -0.4 is 10.6 Å². The van der Waals surface area contributed by atoms with Gasteiger partial charge in [0.1, 0.15) is 12.4 Å². The van der Waals surface area contributed by atoms with Crippen LogP contribution >= 0.6 is 24.0 Å². The van der Waals surface area contributed by atoms with Crippen molar-refractivity contribution >= 4 is 29.9 Å². The predicted octanol–water partition coefficient (Wildman–Crippen LogP) is 1.30. The van der Waals surface area contributed by atoms with Crippen molar-refractivity contribution in [1.82, 2.24) is 40.2 Å². The summed E-state index contributed by atoms with van der Waals surface area (Å²) < 4.78 is 8.83. The van der Waals surface area contributed by atoms with Crippen molar-refractivity contribution in [2.75, 3.05) is 14.2 Å². The molecule has 4 heterocycles. The lowest BCUT2D eigenvalue weighted by Crippen LogP contribution is -2.46. The first-order valence-electron chi connectivity index (χ1n) is 9.59. The summed E-state index contributed by atoms with van der Waals surface area (Å²) in [5.41, 5.74) is 1.10. The number of aryl methyl sites for hydroxylation is 1. The van der Waals surface area contributed by atoms with Crippen LogP contribution in [0.5, 0.6) is 0 Å². The molecule has 3 aromatic rings. The van der Waals surface area contributed by atoms with Gasteiger partial charge in [-0.15, -0.1) is 24.0 Å². The zero-order valence-corrected chi connectivity index (χ0v) is 19.4. The number of nitrogens with one attached hydrogen (secondary N) is 2. The number of hydrogen-bond acceptors (Lipinski definition) is 6. The molecule has 3 aromatic heterocycles. The zero-order chi connectivity index (χ0) is 20.1. The lowest BCUT2D eigenvalue weighted by molar-refractivity contribution is 0.177. The summed E-state index contributed by atoms with van der Waals surface area (Å²) in [5, 5.41) is 15.6. The van der Waals surface area contributed by atoms with Crippen molar-refractivity contribution in [2.45, 2.75) is 38.6 Å². The van der Waals surface area contributed by atoms with E-state index in [2.05, 4.69) is 35.8 Å². The van der Waals surface area contributed by atoms with Gasteiger partial charge in [0.05, 0.1) is 6.54 Å². The number of methoxy groups -OCH3 is 1. The Bertz CT molecular complexity index is 970. The Balaban J connectivity index is 0.00000256. The van der Waals surface area contributed by atoms with Gasteiger partial charge in [0, 0.05) is 51.8 Å². The molecule has 1 atom stereocenters. The zero-order valence-electron chi connectivity index (χ0n) is 17.0. The second-order valence-corrected chi connectivity index (χ2v) is 6.84. The number of nitrogens with zero attached hydrogens (tertiary/aromatic N) is 7. The molecule has 0 saturated carbocycles. The highest BCUT2D eigenvalue weighted by Gasteiger charge is 2.22. The van der Waals surface area contributed by atoms with Crippen LogP contribution in [0.2, 0.25) is 0 Å². The fraction of sp³-hybridized carbons (Fsp3) is 0.421. The summed E-state index contributed by atoms with van der Waals surface area (Å²) in [7, 11) is 3.43. The highest BCUT2D eigenvalue weighted by atomic mass is 127. The molecule has 0 saturated heterocycles. The number of fused-ring (bicyclic) bond motifs is 1. The Morgan fingerprint density at radius 2 is 2.27 bits per heavy atom. The Morgan fingerprint density at radius 3 is 3.03 bits per heavy atom. The van der Waals surface area contributed by atoms with Crippen LogP contribution in [-0.2, 0) is 30.9 Å². The fourth-order valence-corrected chi connectivity index (χ4v) is 3.34. The van der Waals surface area contributed by atoms with Crippen molar-refractivity contribution in [3.63, 3.8) is 0 Å². The van der Waals surface area contributed by atoms with Gasteiger partial charge in [-0.3, -0.25) is 4.99 Å². The smallest absolute Gasteiger partial charge is 0.191 e. The molecule has 0 aliphatic carbocycles. The van der Waals surface area contributed by atoms with Gasteiger partial charge in [0.15, 0.2) is 17.6 Å². The molecule has 11 heteroatoms. The van der Waals surface area contributed by atoms with E-state index >= 15 is 0 Å². The Labute approximate surface area is 192 Å². The van der Waals surface area contributed by atoms with E-state index in [1.807, 2.05) is 29.1 Å². The first kappa shape index (κ1) is 22.2. The van der Waals surface area contributed by atoms with Gasteiger partial charge in [-0.05, 0) is 30.2 Å². The first-order valence-corrected chi connectivity index (χ1v) is 9.59. The molecule has 2 N–H and O–H groups in total. The van der Waals surface area contributed by atoms with Crippen molar-refractivity contribution in [1.29, 1.82) is 0 Å². The predicted molar refractivity (Wildman–Crippen MR) is 123 cm³/mol. The van der Waals surface area contributed by atoms with Gasteiger partial charge >= 0.3 is 0 Å². The highest BCUT2D eigenvalue weighted by molar-refractivity contribution is 14.0. The number of aliphatic imine (C=N–C) groups is 1. The molecule has 0 fully saturated rings. The number of pyridine rings is 1. The van der Waals surface area contributed by atoms with E-state index in [0.717, 1.165) is 48.4 Å². The summed E-state index contributed by atoms with van der Waals surface area (Å²) in [4.78, 5) is 13.2. The van der Waals surface area contributed by atoms with E-state index < -0.39 is 0 Å². The molecule has 1 aliphatic heterocycles. The summed E-state index contributed by atoms with van der Waals surface area (Å²) in [6.45, 7) is 1.83. The van der Waals surface area contributed by atoms with Gasteiger partial charge in [0.2, 0.25) is 0 Å². The lowest BCUT2D eigenvalue weighted by Gasteiger charge is -2.25. The molecular formula is C19H26IN9O. The molecular weight excluding hydrogens is 497 g/mol. The second kappa shape index (κ2) is 10.5. The molecule has 10 nitrogen and oxygen atoms in total. The quantitative estimate of drug-likeness (QED) is 0.285. The van der Waals surface area contributed by atoms with Crippen molar-refractivity contribution < 1.29 is 4.74 Å². The third-order valence-corrected chi connectivity index (χ3v) is 4.75. The molecule has 0 amide bonds. The largest absolute Gasteiger partial charge is 0.377 e. The van der Waals surface area contributed by atoms with Gasteiger partial charge in [-0.25, -0.2) is 19.3 Å². The molecule has 0 radical (unpaired) electrons. The average Bonchev–Trinajstić information content (AvgIpc) is 3.41. The van der Waals surface area contributed by atoms with Crippen LogP contribution in [0.15, 0.2) is 41.8 Å². The summed E-state index contributed by atoms with van der Waals surface area (Å²) >= 11 is 0. The van der Waals surface area contributed by atoms with Crippen LogP contribution in [-0.4, -0.2) is 55.7 Å². The lowest BCUT2D eigenvalue weighted by atomic mass is 10.1. The molecule has 0 bridgehead atoms. The van der Waals surface area contributed by atoms with Crippen molar-refractivity contribution in [3.05, 3.63) is 54.0 Å². The third kappa shape index (κ3) is 5.33. The maximum absolute atomic E-state index is 5.13. The van der Waals surface area contributed by atoms with Gasteiger partial charge in [0.25, 0.3) is 0 Å². The van der Waals surface area contributed by atoms with Crippen LogP contribution in [0.1, 0.15) is 23.6 Å². The number of guanidine groups is 1. The van der Waals surface area contributed by atoms with Crippen molar-refractivity contribution in [2.24, 2.45) is 4.99 Å². The van der Waals surface area contributed by atoms with Gasteiger partial charge < -0.3 is 15.4 Å². The Hall–Kier alpha value is -2.54. The van der Waals surface area contributed by atoms with E-state index in [1.54, 1.807) is 31.2 Å². The van der Waals surface area contributed by atoms with Gasteiger partial charge in [-0.2, -0.15) is 10.2 Å². The third-order valence-electron chi connectivity index (χ3n) is 4.75. The van der Waals surface area contributed by atoms with Crippen molar-refractivity contribution in [3.8, 4) is 5.82 Å². The second-order valence-electron chi connectivity index (χ2n) is 6.84. The van der Waals surface area contributed by atoms with Crippen LogP contribution in [0, 0.1) is 0 Å². The number of ether oxygens (including phenoxy) is 1. The fourth-order valence-electron chi connectivity index (χ4n) is 3.34. The summed E-state index contributed by atoms with van der Waals surface area (Å²) in [5.74, 6) is 3.29. The van der Waals surface area contributed by atoms with Crippen LogP contribution in [0.3, 0.4) is 0 Å². The van der Waals surface area contributed by atoms with E-state index in [9.17, 15) is 0 Å². The number of halogens is 1. The molecule has 1 aliphatic rings. The summed E-state index contributed by atoms with van der Waals surface area (Å²) in [6.07, 6.45) is 7.25. The monoisotopic (exact) mass is 523 g/mol. The maximum Gasteiger partial charge on any atom is 0.191 e. The van der Waals surface area contributed by atoms with Crippen LogP contribution in [0.25, 0.3) is 5.82 Å². The molecule has 1 unspecified atom stereocenters. The molecule has 0 spiro atoms. The Morgan fingerprint density at radius 1 is 1.37 bits per heavy atom. The Kier molecular flexibility index (Phi) is 7.74. The average molecular weight is 523 g/mol. The normalized spacial score (nSPS) is 15.9. The number of hydrogen-bond donors (Lipinski definition) is 2.